The van der Waals surface area contributed by atoms with Crippen LogP contribution in [0.15, 0.2) is 24.3 Å². The summed E-state index contributed by atoms with van der Waals surface area (Å²) in [6, 6.07) is 7.07. The van der Waals surface area contributed by atoms with E-state index in [2.05, 4.69) is 5.32 Å². The molecule has 2 rings (SSSR count). The Morgan fingerprint density at radius 1 is 1.26 bits per heavy atom. The lowest BCUT2D eigenvalue weighted by atomic mass is 10.00. The Kier molecular flexibility index (Phi) is 5.68. The van der Waals surface area contributed by atoms with E-state index in [0.29, 0.717) is 25.3 Å². The first-order chi connectivity index (χ1) is 10.9. The fourth-order valence-corrected chi connectivity index (χ4v) is 2.66. The van der Waals surface area contributed by atoms with Crippen molar-refractivity contribution in [1.29, 1.82) is 0 Å². The Balaban J connectivity index is 2.20. The number of nitrogens with zero attached hydrogens (tertiary/aromatic N) is 2. The van der Waals surface area contributed by atoms with Crippen LogP contribution in [0.5, 0.6) is 5.75 Å². The minimum Gasteiger partial charge on any atom is -0.494 e. The summed E-state index contributed by atoms with van der Waals surface area (Å²) in [7, 11) is 3.81. The number of carbonyl (C=O) groups is 2. The summed E-state index contributed by atoms with van der Waals surface area (Å²) < 4.78 is 5.39. The molecule has 1 unspecified atom stereocenters. The Hall–Kier alpha value is -1.99. The second-order valence-electron chi connectivity index (χ2n) is 5.54. The number of hydrogen-bond donors (Lipinski definition) is 1. The third-order valence-electron chi connectivity index (χ3n) is 3.54. The molecular formula is C16H21N3O3S. The molecular weight excluding hydrogens is 314 g/mol. The van der Waals surface area contributed by atoms with Crippen LogP contribution in [-0.4, -0.2) is 49.1 Å². The number of rotatable bonds is 6. The number of ether oxygens (including phenoxy) is 1. The van der Waals surface area contributed by atoms with E-state index in [1.807, 2.05) is 25.9 Å². The topological polar surface area (TPSA) is 61.9 Å². The molecule has 1 heterocycles. The number of amides is 2. The molecule has 1 aromatic rings. The SMILES string of the molecule is CCOc1ccc(N2C(=O)C(CCN(C)C)C(=O)NC2=S)cc1. The molecule has 1 atom stereocenters. The molecule has 1 aromatic carbocycles. The summed E-state index contributed by atoms with van der Waals surface area (Å²) in [5.41, 5.74) is 0.623. The fraction of sp³-hybridized carbons (Fsp3) is 0.438. The van der Waals surface area contributed by atoms with Crippen LogP contribution in [0.3, 0.4) is 0 Å². The van der Waals surface area contributed by atoms with E-state index in [1.54, 1.807) is 24.3 Å². The standard InChI is InChI=1S/C16H21N3O3S/c1-4-22-12-7-5-11(6-8-12)19-15(21)13(9-10-18(2)3)14(20)17-16(19)23/h5-8,13H,4,9-10H2,1-3H3,(H,17,20,23). The molecule has 0 aliphatic carbocycles. The van der Waals surface area contributed by atoms with E-state index < -0.39 is 5.92 Å². The van der Waals surface area contributed by atoms with Gasteiger partial charge in [-0.1, -0.05) is 0 Å². The van der Waals surface area contributed by atoms with Crippen molar-refractivity contribution in [3.8, 4) is 5.75 Å². The molecule has 1 saturated heterocycles. The van der Waals surface area contributed by atoms with Crippen molar-refractivity contribution in [2.75, 3.05) is 32.1 Å². The average molecular weight is 335 g/mol. The van der Waals surface area contributed by atoms with E-state index in [9.17, 15) is 9.59 Å². The lowest BCUT2D eigenvalue weighted by Crippen LogP contribution is -2.58. The first-order valence-corrected chi connectivity index (χ1v) is 7.91. The highest BCUT2D eigenvalue weighted by molar-refractivity contribution is 7.80. The number of anilines is 1. The molecule has 1 aliphatic rings. The van der Waals surface area contributed by atoms with Crippen molar-refractivity contribution in [2.45, 2.75) is 13.3 Å². The van der Waals surface area contributed by atoms with Crippen LogP contribution in [0.2, 0.25) is 0 Å². The Morgan fingerprint density at radius 2 is 1.91 bits per heavy atom. The van der Waals surface area contributed by atoms with Crippen LogP contribution in [0.25, 0.3) is 0 Å². The van der Waals surface area contributed by atoms with E-state index in [0.717, 1.165) is 5.75 Å². The smallest absolute Gasteiger partial charge is 0.245 e. The Morgan fingerprint density at radius 3 is 2.48 bits per heavy atom. The van der Waals surface area contributed by atoms with Crippen molar-refractivity contribution >= 4 is 34.8 Å². The summed E-state index contributed by atoms with van der Waals surface area (Å²) in [5.74, 6) is -0.621. The van der Waals surface area contributed by atoms with Crippen LogP contribution >= 0.6 is 12.2 Å². The highest BCUT2D eigenvalue weighted by atomic mass is 32.1. The number of thiocarbonyl (C=S) groups is 1. The molecule has 0 bridgehead atoms. The summed E-state index contributed by atoms with van der Waals surface area (Å²) in [6.45, 7) is 3.12. The average Bonchev–Trinajstić information content (AvgIpc) is 2.48. The van der Waals surface area contributed by atoms with Crippen LogP contribution < -0.4 is 15.0 Å². The third kappa shape index (κ3) is 4.05. The van der Waals surface area contributed by atoms with Crippen LogP contribution in [0.4, 0.5) is 5.69 Å². The minimum atomic E-state index is -0.726. The molecule has 0 radical (unpaired) electrons. The van der Waals surface area contributed by atoms with Crippen molar-refractivity contribution in [1.82, 2.24) is 10.2 Å². The second kappa shape index (κ2) is 7.52. The van der Waals surface area contributed by atoms with Crippen molar-refractivity contribution in [3.63, 3.8) is 0 Å². The number of hydrogen-bond acceptors (Lipinski definition) is 5. The molecule has 0 saturated carbocycles. The number of carbonyl (C=O) groups excluding carboxylic acids is 2. The highest BCUT2D eigenvalue weighted by Crippen LogP contribution is 2.24. The summed E-state index contributed by atoms with van der Waals surface area (Å²) >= 11 is 5.17. The van der Waals surface area contributed by atoms with Crippen molar-refractivity contribution in [2.24, 2.45) is 5.92 Å². The van der Waals surface area contributed by atoms with Crippen molar-refractivity contribution in [3.05, 3.63) is 24.3 Å². The zero-order valence-corrected chi connectivity index (χ0v) is 14.4. The van der Waals surface area contributed by atoms with E-state index in [4.69, 9.17) is 17.0 Å². The summed E-state index contributed by atoms with van der Waals surface area (Å²) in [4.78, 5) is 28.1. The van der Waals surface area contributed by atoms with Crippen LogP contribution in [-0.2, 0) is 9.59 Å². The summed E-state index contributed by atoms with van der Waals surface area (Å²) in [5, 5.41) is 2.74. The lowest BCUT2D eigenvalue weighted by Gasteiger charge is -2.32. The number of benzene rings is 1. The monoisotopic (exact) mass is 335 g/mol. The molecule has 0 spiro atoms. The normalized spacial score (nSPS) is 18.3. The molecule has 1 N–H and O–H groups in total. The molecule has 1 fully saturated rings. The fourth-order valence-electron chi connectivity index (χ4n) is 2.36. The summed E-state index contributed by atoms with van der Waals surface area (Å²) in [6.07, 6.45) is 0.452. The van der Waals surface area contributed by atoms with Gasteiger partial charge in [0.1, 0.15) is 11.7 Å². The van der Waals surface area contributed by atoms with Gasteiger partial charge in [0.05, 0.1) is 12.3 Å². The second-order valence-corrected chi connectivity index (χ2v) is 5.93. The van der Waals surface area contributed by atoms with Crippen LogP contribution in [0.1, 0.15) is 13.3 Å². The van der Waals surface area contributed by atoms with Gasteiger partial charge in [-0.05, 0) is 70.5 Å². The quantitative estimate of drug-likeness (QED) is 0.629. The molecule has 7 heteroatoms. The predicted octanol–water partition coefficient (Wildman–Crippen LogP) is 1.40. The first kappa shape index (κ1) is 17.4. The zero-order chi connectivity index (χ0) is 17.0. The van der Waals surface area contributed by atoms with Gasteiger partial charge >= 0.3 is 0 Å². The third-order valence-corrected chi connectivity index (χ3v) is 3.82. The molecule has 0 aromatic heterocycles. The van der Waals surface area contributed by atoms with E-state index in [-0.39, 0.29) is 16.9 Å². The van der Waals surface area contributed by atoms with E-state index >= 15 is 0 Å². The first-order valence-electron chi connectivity index (χ1n) is 7.50. The van der Waals surface area contributed by atoms with Gasteiger partial charge in [0, 0.05) is 0 Å². The lowest BCUT2D eigenvalue weighted by molar-refractivity contribution is -0.134. The zero-order valence-electron chi connectivity index (χ0n) is 13.5. The van der Waals surface area contributed by atoms with Crippen molar-refractivity contribution < 1.29 is 14.3 Å². The maximum Gasteiger partial charge on any atom is 0.245 e. The molecule has 2 amide bonds. The largest absolute Gasteiger partial charge is 0.494 e. The maximum absolute atomic E-state index is 12.7. The van der Waals surface area contributed by atoms with E-state index in [1.165, 1.54) is 4.90 Å². The van der Waals surface area contributed by atoms with Gasteiger partial charge in [-0.25, -0.2) is 0 Å². The van der Waals surface area contributed by atoms with Crippen LogP contribution in [0, 0.1) is 5.92 Å². The molecule has 23 heavy (non-hydrogen) atoms. The van der Waals surface area contributed by atoms with Gasteiger partial charge in [-0.3, -0.25) is 14.5 Å². The van der Waals surface area contributed by atoms with Gasteiger partial charge in [0.15, 0.2) is 5.11 Å². The van der Waals surface area contributed by atoms with Gasteiger partial charge < -0.3 is 15.0 Å². The maximum atomic E-state index is 12.7. The Bertz CT molecular complexity index is 601. The highest BCUT2D eigenvalue weighted by Gasteiger charge is 2.38. The molecule has 124 valence electrons. The Labute approximate surface area is 141 Å². The molecule has 6 nitrogen and oxygen atoms in total. The number of nitrogens with one attached hydrogen (secondary N) is 1. The minimum absolute atomic E-state index is 0.116. The van der Waals surface area contributed by atoms with Gasteiger partial charge in [-0.15, -0.1) is 0 Å². The predicted molar refractivity (Wildman–Crippen MR) is 92.5 cm³/mol. The van der Waals surface area contributed by atoms with Gasteiger partial charge in [0.2, 0.25) is 11.8 Å². The molecule has 1 aliphatic heterocycles. The van der Waals surface area contributed by atoms with Gasteiger partial charge in [0.25, 0.3) is 0 Å². The van der Waals surface area contributed by atoms with Gasteiger partial charge in [-0.2, -0.15) is 0 Å².